The van der Waals surface area contributed by atoms with Gasteiger partial charge in [0.05, 0.1) is 7.11 Å². The molecule has 0 aliphatic carbocycles. The molecule has 3 aromatic heterocycles. The number of carbonyl (C=O) groups is 5. The number of β-lactam (4-membered cyclic amide) rings is 1. The minimum Gasteiger partial charge on any atom is -0.497 e. The number of likely N-dealkylation sites (N-methyl/N-ethyl adjacent to an activating group) is 1. The molecule has 0 bridgehead atoms. The molecule has 1 aromatic carbocycles. The van der Waals surface area contributed by atoms with Crippen LogP contribution in [0.25, 0.3) is 11.0 Å². The zero-order valence-corrected chi connectivity index (χ0v) is 42.7. The zero-order chi connectivity index (χ0) is 49.0. The number of thioether (sulfide) groups is 1. The molecule has 0 radical (unpaired) electrons. The SMILES string of the molecule is CNC(CCn1ccc2c1ccc[n+]2CC1=C(C(=O)OCc2ccc(OC)cc2)N2C(=O)C(NC(=O)/C(=N\OC(C)(C)C)c3nc(NC(=O)OC(C)(C)C)sc3Br)C2SC1)C(=O)OC(C)(C)C. The number of hydrogen-bond donors (Lipinski definition) is 3. The van der Waals surface area contributed by atoms with Crippen molar-refractivity contribution >= 4 is 90.8 Å². The monoisotopic (exact) mass is 1030 g/mol. The Labute approximate surface area is 406 Å². The Hall–Kier alpha value is -5.51. The Balaban J connectivity index is 1.26. The van der Waals surface area contributed by atoms with Crippen LogP contribution in [-0.2, 0) is 57.9 Å². The highest BCUT2D eigenvalue weighted by Crippen LogP contribution is 2.41. The molecule has 2 aliphatic heterocycles. The number of rotatable bonds is 16. The van der Waals surface area contributed by atoms with Gasteiger partial charge < -0.3 is 39.0 Å². The number of oxime groups is 1. The summed E-state index contributed by atoms with van der Waals surface area (Å²) in [4.78, 5) is 79.7. The molecular weight excluding hydrogens is 969 g/mol. The zero-order valence-electron chi connectivity index (χ0n) is 39.5. The molecule has 0 spiro atoms. The average molecular weight is 1030 g/mol. The molecule has 67 heavy (non-hydrogen) atoms. The molecule has 360 valence electrons. The fourth-order valence-corrected chi connectivity index (χ4v) is 9.74. The van der Waals surface area contributed by atoms with Gasteiger partial charge in [-0.1, -0.05) is 28.6 Å². The Bertz CT molecular complexity index is 2570. The summed E-state index contributed by atoms with van der Waals surface area (Å²) in [5.74, 6) is -1.35. The first-order chi connectivity index (χ1) is 31.4. The lowest BCUT2D eigenvalue weighted by Crippen LogP contribution is -2.71. The maximum absolute atomic E-state index is 14.3. The van der Waals surface area contributed by atoms with Gasteiger partial charge in [0.15, 0.2) is 23.6 Å². The number of benzene rings is 1. The van der Waals surface area contributed by atoms with E-state index in [-0.39, 0.29) is 41.4 Å². The third-order valence-corrected chi connectivity index (χ3v) is 12.9. The number of methoxy groups -OCH3 is 1. The number of aromatic nitrogens is 3. The van der Waals surface area contributed by atoms with Gasteiger partial charge in [0.25, 0.3) is 11.8 Å². The standard InChI is InChI=1S/C46H57BrN8O10S2/c1-44(2,3)63-40(58)29(48-10)18-21-53-22-19-31-30(53)13-12-20-54(31)23-27-25-66-39-34(38(57)55(39)35(27)41(59)62-24-26-14-16-28(61-11)17-15-26)49-37(56)33(52-65-46(7,8)9)32-36(47)67-42(50-32)51-43(60)64-45(4,5)6/h12-17,19-20,22,29,34,39,48H,18,21,23-25H2,1-11H3,(H-,49,50,51,56,60)/p+1/b52-33-. The van der Waals surface area contributed by atoms with E-state index in [1.54, 1.807) is 80.0 Å². The molecule has 1 saturated heterocycles. The van der Waals surface area contributed by atoms with Crippen molar-refractivity contribution in [2.75, 3.05) is 25.2 Å². The summed E-state index contributed by atoms with van der Waals surface area (Å²) in [5.41, 5.74) is 0.851. The van der Waals surface area contributed by atoms with E-state index in [0.29, 0.717) is 39.4 Å². The third-order valence-electron chi connectivity index (χ3n) is 9.97. The molecule has 21 heteroatoms. The van der Waals surface area contributed by atoms with Crippen LogP contribution in [-0.4, -0.2) is 104 Å². The fourth-order valence-electron chi connectivity index (χ4n) is 6.98. The summed E-state index contributed by atoms with van der Waals surface area (Å²) in [6, 6.07) is 11.4. The van der Waals surface area contributed by atoms with Crippen LogP contribution in [0.4, 0.5) is 9.93 Å². The lowest BCUT2D eigenvalue weighted by atomic mass is 10.0. The van der Waals surface area contributed by atoms with E-state index in [9.17, 15) is 24.0 Å². The van der Waals surface area contributed by atoms with E-state index in [4.69, 9.17) is 23.8 Å². The maximum Gasteiger partial charge on any atom is 0.413 e. The second-order valence-corrected chi connectivity index (χ2v) is 22.2. The summed E-state index contributed by atoms with van der Waals surface area (Å²) < 4.78 is 26.6. The van der Waals surface area contributed by atoms with E-state index in [1.165, 1.54) is 16.7 Å². The highest BCUT2D eigenvalue weighted by Gasteiger charge is 2.55. The van der Waals surface area contributed by atoms with Crippen molar-refractivity contribution in [3.05, 3.63) is 81.2 Å². The smallest absolute Gasteiger partial charge is 0.413 e. The summed E-state index contributed by atoms with van der Waals surface area (Å²) >= 11 is 5.88. The van der Waals surface area contributed by atoms with E-state index in [1.807, 2.05) is 55.9 Å². The van der Waals surface area contributed by atoms with E-state index < -0.39 is 58.1 Å². The van der Waals surface area contributed by atoms with Gasteiger partial charge in [-0.25, -0.2) is 14.6 Å². The first kappa shape index (κ1) is 50.9. The van der Waals surface area contributed by atoms with E-state index in [2.05, 4.69) is 46.6 Å². The quantitative estimate of drug-likeness (QED) is 0.0277. The molecule has 2 aliphatic rings. The Morgan fingerprint density at radius 1 is 0.985 bits per heavy atom. The second-order valence-electron chi connectivity index (χ2n) is 18.7. The maximum atomic E-state index is 14.3. The van der Waals surface area contributed by atoms with Gasteiger partial charge in [0, 0.05) is 36.2 Å². The van der Waals surface area contributed by atoms with Gasteiger partial charge in [-0.2, -0.15) is 4.57 Å². The number of hydrogen-bond acceptors (Lipinski definition) is 15. The third kappa shape index (κ3) is 12.9. The number of nitrogens with one attached hydrogen (secondary N) is 3. The molecule has 18 nitrogen and oxygen atoms in total. The molecule has 3 unspecified atom stereocenters. The molecule has 3 atom stereocenters. The summed E-state index contributed by atoms with van der Waals surface area (Å²) in [6.45, 7) is 16.7. The normalized spacial score (nSPS) is 17.0. The van der Waals surface area contributed by atoms with Gasteiger partial charge in [0.1, 0.15) is 67.3 Å². The number of fused-ring (bicyclic) bond motifs is 2. The lowest BCUT2D eigenvalue weighted by Gasteiger charge is -2.49. The van der Waals surface area contributed by atoms with Crippen LogP contribution < -0.4 is 25.3 Å². The Morgan fingerprint density at radius 3 is 2.33 bits per heavy atom. The molecule has 3 N–H and O–H groups in total. The van der Waals surface area contributed by atoms with Gasteiger partial charge in [0.2, 0.25) is 5.52 Å². The van der Waals surface area contributed by atoms with Gasteiger partial charge in [-0.3, -0.25) is 24.6 Å². The highest BCUT2D eigenvalue weighted by atomic mass is 79.9. The second kappa shape index (κ2) is 20.8. The predicted molar refractivity (Wildman–Crippen MR) is 257 cm³/mol. The average Bonchev–Trinajstić information content (AvgIpc) is 3.82. The topological polar surface area (TPSA) is 205 Å². The summed E-state index contributed by atoms with van der Waals surface area (Å²) in [6.07, 6.45) is 3.60. The Morgan fingerprint density at radius 2 is 1.69 bits per heavy atom. The molecule has 6 rings (SSSR count). The van der Waals surface area contributed by atoms with Crippen LogP contribution in [0.1, 0.15) is 80.0 Å². The number of carbonyl (C=O) groups excluding carboxylic acids is 5. The number of anilines is 1. The first-order valence-corrected chi connectivity index (χ1v) is 24.2. The summed E-state index contributed by atoms with van der Waals surface area (Å²) in [5, 5.41) is 12.1. The van der Waals surface area contributed by atoms with Crippen LogP contribution >= 0.6 is 39.0 Å². The number of nitrogens with zero attached hydrogens (tertiary/aromatic N) is 5. The van der Waals surface area contributed by atoms with Crippen LogP contribution in [0.2, 0.25) is 0 Å². The van der Waals surface area contributed by atoms with Crippen molar-refractivity contribution in [2.45, 2.75) is 123 Å². The predicted octanol–water partition coefficient (Wildman–Crippen LogP) is 6.44. The van der Waals surface area contributed by atoms with Crippen LogP contribution in [0.3, 0.4) is 0 Å². The van der Waals surface area contributed by atoms with Crippen molar-refractivity contribution < 1.29 is 52.3 Å². The minimum atomic E-state index is -1.06. The van der Waals surface area contributed by atoms with Gasteiger partial charge in [-0.05, 0) is 115 Å². The number of amides is 3. The van der Waals surface area contributed by atoms with Crippen molar-refractivity contribution in [1.82, 2.24) is 25.1 Å². The number of ether oxygens (including phenoxy) is 4. The molecule has 1 fully saturated rings. The van der Waals surface area contributed by atoms with E-state index in [0.717, 1.165) is 22.4 Å². The van der Waals surface area contributed by atoms with Crippen LogP contribution in [0, 0.1) is 0 Å². The molecule has 3 amide bonds. The molecule has 4 aromatic rings. The van der Waals surface area contributed by atoms with Gasteiger partial charge in [-0.15, -0.1) is 11.8 Å². The first-order valence-electron chi connectivity index (χ1n) is 21.5. The fraction of sp³-hybridized carbons (Fsp3) is 0.478. The van der Waals surface area contributed by atoms with Crippen LogP contribution in [0.15, 0.2) is 75.1 Å². The van der Waals surface area contributed by atoms with Crippen molar-refractivity contribution in [3.63, 3.8) is 0 Å². The molecule has 0 saturated carbocycles. The van der Waals surface area contributed by atoms with E-state index >= 15 is 0 Å². The number of esters is 2. The number of thiazole rings is 1. The van der Waals surface area contributed by atoms with Gasteiger partial charge >= 0.3 is 18.0 Å². The lowest BCUT2D eigenvalue weighted by molar-refractivity contribution is -0.663. The molecular formula is C46H58BrN8O10S2+. The van der Waals surface area contributed by atoms with Crippen molar-refractivity contribution in [2.24, 2.45) is 5.16 Å². The number of aryl methyl sites for hydroxylation is 1. The summed E-state index contributed by atoms with van der Waals surface area (Å²) in [7, 11) is 3.29. The Kier molecular flexibility index (Phi) is 15.8. The van der Waals surface area contributed by atoms with Crippen molar-refractivity contribution in [3.8, 4) is 5.75 Å². The largest absolute Gasteiger partial charge is 0.497 e. The molecule has 5 heterocycles. The van der Waals surface area contributed by atoms with Crippen molar-refractivity contribution in [1.29, 1.82) is 0 Å². The minimum absolute atomic E-state index is 0.0626. The van der Waals surface area contributed by atoms with Crippen LogP contribution in [0.5, 0.6) is 5.75 Å². The number of halogens is 1. The number of pyridine rings is 1. The highest BCUT2D eigenvalue weighted by molar-refractivity contribution is 9.11.